The normalized spacial score (nSPS) is 21.2. The molecule has 1 fully saturated rings. The number of benzene rings is 1. The van der Waals surface area contributed by atoms with E-state index in [0.717, 1.165) is 10.5 Å². The number of imide groups is 1. The summed E-state index contributed by atoms with van der Waals surface area (Å²) in [5.41, 5.74) is 1.40. The van der Waals surface area contributed by atoms with Gasteiger partial charge in [-0.1, -0.05) is 24.3 Å². The van der Waals surface area contributed by atoms with Crippen molar-refractivity contribution < 1.29 is 19.2 Å². The summed E-state index contributed by atoms with van der Waals surface area (Å²) in [5.74, 6) is -1.60. The second-order valence-electron chi connectivity index (χ2n) is 6.94. The van der Waals surface area contributed by atoms with E-state index in [2.05, 4.69) is 5.32 Å². The maximum Gasteiger partial charge on any atom is 0.251 e. The molecule has 2 aliphatic rings. The Morgan fingerprint density at radius 3 is 2.15 bits per heavy atom. The van der Waals surface area contributed by atoms with Crippen molar-refractivity contribution >= 4 is 23.6 Å². The molecule has 2 atom stereocenters. The number of hydrogen-bond acceptors (Lipinski definition) is 4. The number of nitrogens with zero attached hydrogens (tertiary/aromatic N) is 2. The molecule has 1 aliphatic carbocycles. The van der Waals surface area contributed by atoms with Gasteiger partial charge in [0.25, 0.3) is 5.91 Å². The maximum atomic E-state index is 12.5. The Morgan fingerprint density at radius 1 is 1.07 bits per heavy atom. The molecule has 0 saturated carbocycles. The van der Waals surface area contributed by atoms with E-state index in [1.54, 1.807) is 38.4 Å². The number of rotatable bonds is 5. The fraction of sp³-hybridized carbons (Fsp3) is 0.400. The molecule has 1 N–H and O–H groups in total. The van der Waals surface area contributed by atoms with E-state index >= 15 is 0 Å². The van der Waals surface area contributed by atoms with Gasteiger partial charge in [-0.15, -0.1) is 0 Å². The van der Waals surface area contributed by atoms with E-state index in [0.29, 0.717) is 24.9 Å². The van der Waals surface area contributed by atoms with Crippen LogP contribution in [0.3, 0.4) is 0 Å². The van der Waals surface area contributed by atoms with Crippen molar-refractivity contribution in [2.45, 2.75) is 19.4 Å². The van der Waals surface area contributed by atoms with Crippen LogP contribution in [0.15, 0.2) is 36.4 Å². The van der Waals surface area contributed by atoms with Crippen molar-refractivity contribution in [3.8, 4) is 0 Å². The minimum atomic E-state index is -0.321. The van der Waals surface area contributed by atoms with Crippen LogP contribution in [0.1, 0.15) is 28.8 Å². The number of fused-ring (bicyclic) bond motifs is 1. The summed E-state index contributed by atoms with van der Waals surface area (Å²) in [7, 11) is 3.20. The number of amides is 4. The summed E-state index contributed by atoms with van der Waals surface area (Å²) in [5, 5.41) is 2.55. The van der Waals surface area contributed by atoms with E-state index in [1.807, 2.05) is 12.2 Å². The van der Waals surface area contributed by atoms with Gasteiger partial charge >= 0.3 is 0 Å². The smallest absolute Gasteiger partial charge is 0.251 e. The average molecular weight is 369 g/mol. The van der Waals surface area contributed by atoms with E-state index < -0.39 is 0 Å². The summed E-state index contributed by atoms with van der Waals surface area (Å²) in [6.07, 6.45) is 4.97. The van der Waals surface area contributed by atoms with E-state index in [9.17, 15) is 19.2 Å². The minimum absolute atomic E-state index is 0.173. The standard InChI is InChI=1S/C20H23N3O4/c1-21-18(25)14-9-7-13(8-10-14)11-22(2)17(24)12-23-19(26)15-5-3-4-6-16(15)20(23)27/h3-4,7-10,15-16H,5-6,11-12H2,1-2H3,(H,21,25)/t15-,16-/m1/s1. The highest BCUT2D eigenvalue weighted by Crippen LogP contribution is 2.34. The lowest BCUT2D eigenvalue weighted by molar-refractivity contribution is -0.146. The van der Waals surface area contributed by atoms with Gasteiger partial charge in [-0.05, 0) is 30.5 Å². The third-order valence-corrected chi connectivity index (χ3v) is 5.18. The first-order chi connectivity index (χ1) is 12.9. The highest BCUT2D eigenvalue weighted by atomic mass is 16.2. The van der Waals surface area contributed by atoms with Crippen molar-refractivity contribution in [2.75, 3.05) is 20.6 Å². The van der Waals surface area contributed by atoms with Crippen molar-refractivity contribution in [2.24, 2.45) is 11.8 Å². The van der Waals surface area contributed by atoms with Gasteiger partial charge < -0.3 is 10.2 Å². The summed E-state index contributed by atoms with van der Waals surface area (Å²) in [6, 6.07) is 6.94. The second kappa shape index (κ2) is 7.73. The molecule has 1 heterocycles. The molecular formula is C20H23N3O4. The van der Waals surface area contributed by atoms with Crippen molar-refractivity contribution in [3.05, 3.63) is 47.5 Å². The van der Waals surface area contributed by atoms with Crippen LogP contribution < -0.4 is 5.32 Å². The Labute approximate surface area is 158 Å². The first-order valence-electron chi connectivity index (χ1n) is 8.97. The zero-order valence-electron chi connectivity index (χ0n) is 15.5. The molecule has 1 saturated heterocycles. The molecule has 4 amide bonds. The molecular weight excluding hydrogens is 346 g/mol. The number of hydrogen-bond donors (Lipinski definition) is 1. The number of likely N-dealkylation sites (N-methyl/N-ethyl adjacent to an activating group) is 1. The Hall–Kier alpha value is -2.96. The van der Waals surface area contributed by atoms with Crippen LogP contribution in [0.25, 0.3) is 0 Å². The highest BCUT2D eigenvalue weighted by molar-refractivity contribution is 6.07. The molecule has 0 unspecified atom stereocenters. The monoisotopic (exact) mass is 369 g/mol. The first-order valence-corrected chi connectivity index (χ1v) is 8.97. The van der Waals surface area contributed by atoms with Crippen molar-refractivity contribution in [3.63, 3.8) is 0 Å². The summed E-state index contributed by atoms with van der Waals surface area (Å²) >= 11 is 0. The Morgan fingerprint density at radius 2 is 1.63 bits per heavy atom. The van der Waals surface area contributed by atoms with Gasteiger partial charge in [0.05, 0.1) is 11.8 Å². The number of carbonyl (C=O) groups is 4. The molecule has 0 bridgehead atoms. The molecule has 0 radical (unpaired) electrons. The van der Waals surface area contributed by atoms with Gasteiger partial charge in [-0.25, -0.2) is 0 Å². The minimum Gasteiger partial charge on any atom is -0.355 e. The van der Waals surface area contributed by atoms with Crippen molar-refractivity contribution in [1.82, 2.24) is 15.1 Å². The molecule has 142 valence electrons. The van der Waals surface area contributed by atoms with Crippen LogP contribution in [-0.4, -0.2) is 54.1 Å². The third kappa shape index (κ3) is 3.77. The van der Waals surface area contributed by atoms with Gasteiger partial charge in [-0.3, -0.25) is 24.1 Å². The summed E-state index contributed by atoms with van der Waals surface area (Å²) in [6.45, 7) is 0.106. The van der Waals surface area contributed by atoms with Gasteiger partial charge in [0, 0.05) is 26.2 Å². The lowest BCUT2D eigenvalue weighted by Crippen LogP contribution is -2.41. The molecule has 27 heavy (non-hydrogen) atoms. The topological polar surface area (TPSA) is 86.8 Å². The predicted octanol–water partition coefficient (Wildman–Crippen LogP) is 0.956. The van der Waals surface area contributed by atoms with Crippen LogP contribution in [0, 0.1) is 11.8 Å². The molecule has 3 rings (SSSR count). The van der Waals surface area contributed by atoms with Gasteiger partial charge in [0.2, 0.25) is 17.7 Å². The van der Waals surface area contributed by atoms with Crippen LogP contribution >= 0.6 is 0 Å². The molecule has 1 aromatic carbocycles. The Kier molecular flexibility index (Phi) is 5.39. The zero-order chi connectivity index (χ0) is 19.6. The molecule has 1 aromatic rings. The van der Waals surface area contributed by atoms with Crippen LogP contribution in [0.4, 0.5) is 0 Å². The molecule has 7 nitrogen and oxygen atoms in total. The number of likely N-dealkylation sites (tertiary alicyclic amines) is 1. The SMILES string of the molecule is CNC(=O)c1ccc(CN(C)C(=O)CN2C(=O)[C@@H]3CC=CC[C@H]3C2=O)cc1. The Bertz CT molecular complexity index is 774. The van der Waals surface area contributed by atoms with Gasteiger partial charge in [-0.2, -0.15) is 0 Å². The Balaban J connectivity index is 1.60. The third-order valence-electron chi connectivity index (χ3n) is 5.18. The fourth-order valence-corrected chi connectivity index (χ4v) is 3.55. The summed E-state index contributed by atoms with van der Waals surface area (Å²) in [4.78, 5) is 51.6. The summed E-state index contributed by atoms with van der Waals surface area (Å²) < 4.78 is 0. The lowest BCUT2D eigenvalue weighted by atomic mass is 9.85. The van der Waals surface area contributed by atoms with Crippen molar-refractivity contribution in [1.29, 1.82) is 0 Å². The molecule has 0 spiro atoms. The van der Waals surface area contributed by atoms with Gasteiger partial charge in [0.15, 0.2) is 0 Å². The number of carbonyl (C=O) groups excluding carboxylic acids is 4. The number of nitrogens with one attached hydrogen (secondary N) is 1. The van der Waals surface area contributed by atoms with Crippen LogP contribution in [0.5, 0.6) is 0 Å². The van der Waals surface area contributed by atoms with E-state index in [-0.39, 0.29) is 42.0 Å². The number of allylic oxidation sites excluding steroid dienone is 2. The maximum absolute atomic E-state index is 12.5. The second-order valence-corrected chi connectivity index (χ2v) is 6.94. The van der Waals surface area contributed by atoms with Crippen LogP contribution in [0.2, 0.25) is 0 Å². The predicted molar refractivity (Wildman–Crippen MR) is 98.4 cm³/mol. The highest BCUT2D eigenvalue weighted by Gasteiger charge is 2.47. The van der Waals surface area contributed by atoms with Gasteiger partial charge in [0.1, 0.15) is 6.54 Å². The molecule has 7 heteroatoms. The average Bonchev–Trinajstić information content (AvgIpc) is 2.93. The van der Waals surface area contributed by atoms with Crippen LogP contribution in [-0.2, 0) is 20.9 Å². The van der Waals surface area contributed by atoms with E-state index in [1.165, 1.54) is 4.90 Å². The molecule has 0 aromatic heterocycles. The molecule has 1 aliphatic heterocycles. The zero-order valence-corrected chi connectivity index (χ0v) is 15.5. The quantitative estimate of drug-likeness (QED) is 0.619. The first kappa shape index (κ1) is 18.8. The fourth-order valence-electron chi connectivity index (χ4n) is 3.55. The largest absolute Gasteiger partial charge is 0.355 e. The lowest BCUT2D eigenvalue weighted by Gasteiger charge is -2.21. The van der Waals surface area contributed by atoms with E-state index in [4.69, 9.17) is 0 Å².